The predicted octanol–water partition coefficient (Wildman–Crippen LogP) is 1.78. The summed E-state index contributed by atoms with van der Waals surface area (Å²) >= 11 is 1.44. The first-order chi connectivity index (χ1) is 10.1. The summed E-state index contributed by atoms with van der Waals surface area (Å²) in [6.07, 6.45) is 3.81. The number of piperidine rings is 1. The molecule has 1 fully saturated rings. The zero-order valence-corrected chi connectivity index (χ0v) is 12.9. The fraction of sp³-hybridized carbons (Fsp3) is 0.533. The number of anilines is 1. The van der Waals surface area contributed by atoms with Crippen molar-refractivity contribution in [2.75, 3.05) is 30.3 Å². The predicted molar refractivity (Wildman–Crippen MR) is 82.3 cm³/mol. The molecule has 6 heteroatoms. The molecule has 2 aliphatic rings. The van der Waals surface area contributed by atoms with E-state index in [1.807, 2.05) is 11.0 Å². The molecular formula is C15H19N3O2S. The number of likely N-dealkylation sites (tertiary alicyclic amines) is 1. The van der Waals surface area contributed by atoms with Crippen LogP contribution in [0.3, 0.4) is 0 Å². The number of carbonyl (C=O) groups is 2. The highest BCUT2D eigenvalue weighted by Gasteiger charge is 2.29. The van der Waals surface area contributed by atoms with Gasteiger partial charge >= 0.3 is 0 Å². The van der Waals surface area contributed by atoms with Gasteiger partial charge in [0.15, 0.2) is 0 Å². The Labute approximate surface area is 128 Å². The Morgan fingerprint density at radius 1 is 1.43 bits per heavy atom. The van der Waals surface area contributed by atoms with Gasteiger partial charge in [0.1, 0.15) is 11.6 Å². The van der Waals surface area contributed by atoms with Gasteiger partial charge < -0.3 is 4.90 Å². The number of carbonyl (C=O) groups excluding carboxylic acids is 2. The number of thioether (sulfide) groups is 1. The summed E-state index contributed by atoms with van der Waals surface area (Å²) < 4.78 is 0. The maximum atomic E-state index is 12.4. The molecule has 0 spiro atoms. The monoisotopic (exact) mass is 305 g/mol. The van der Waals surface area contributed by atoms with Gasteiger partial charge in [-0.3, -0.25) is 14.5 Å². The number of aromatic nitrogens is 1. The fourth-order valence-corrected chi connectivity index (χ4v) is 3.59. The van der Waals surface area contributed by atoms with E-state index in [0.717, 1.165) is 36.6 Å². The van der Waals surface area contributed by atoms with Crippen LogP contribution >= 0.6 is 11.8 Å². The number of pyridine rings is 1. The first-order valence-corrected chi connectivity index (χ1v) is 8.29. The minimum atomic E-state index is -0.0146. The minimum Gasteiger partial charge on any atom is -0.341 e. The molecule has 21 heavy (non-hydrogen) atoms. The van der Waals surface area contributed by atoms with E-state index in [2.05, 4.69) is 11.9 Å². The van der Waals surface area contributed by atoms with Crippen LogP contribution in [-0.2, 0) is 9.59 Å². The molecule has 0 N–H and O–H groups in total. The summed E-state index contributed by atoms with van der Waals surface area (Å²) in [5.74, 6) is 1.07. The first kappa shape index (κ1) is 14.4. The van der Waals surface area contributed by atoms with Gasteiger partial charge in [-0.2, -0.15) is 0 Å². The Kier molecular flexibility index (Phi) is 4.14. The topological polar surface area (TPSA) is 53.5 Å². The summed E-state index contributed by atoms with van der Waals surface area (Å²) in [6, 6.07) is 3.66. The van der Waals surface area contributed by atoms with Gasteiger partial charge in [-0.1, -0.05) is 18.7 Å². The maximum absolute atomic E-state index is 12.4. The van der Waals surface area contributed by atoms with Crippen molar-refractivity contribution >= 4 is 29.3 Å². The summed E-state index contributed by atoms with van der Waals surface area (Å²) in [4.78, 5) is 32.3. The van der Waals surface area contributed by atoms with Gasteiger partial charge in [-0.05, 0) is 30.9 Å². The Hall–Kier alpha value is -1.56. The third-order valence-electron chi connectivity index (χ3n) is 4.10. The molecule has 2 amide bonds. The second-order valence-electron chi connectivity index (χ2n) is 5.66. The van der Waals surface area contributed by atoms with E-state index >= 15 is 0 Å². The van der Waals surface area contributed by atoms with E-state index in [4.69, 9.17) is 0 Å². The van der Waals surface area contributed by atoms with Crippen molar-refractivity contribution in [1.82, 2.24) is 9.88 Å². The number of hydrogen-bond acceptors (Lipinski definition) is 4. The van der Waals surface area contributed by atoms with Gasteiger partial charge in [0, 0.05) is 19.3 Å². The van der Waals surface area contributed by atoms with Gasteiger partial charge in [-0.25, -0.2) is 4.98 Å². The van der Waals surface area contributed by atoms with E-state index in [0.29, 0.717) is 11.7 Å². The minimum absolute atomic E-state index is 0.0146. The SMILES string of the molecule is CC1CCN(C(=O)CN2C(=O)CSc3ncccc32)CC1. The number of hydrogen-bond donors (Lipinski definition) is 0. The molecule has 3 heterocycles. The van der Waals surface area contributed by atoms with Gasteiger partial charge in [0.2, 0.25) is 11.8 Å². The van der Waals surface area contributed by atoms with Crippen molar-refractivity contribution in [2.45, 2.75) is 24.8 Å². The molecule has 1 aromatic rings. The number of fused-ring (bicyclic) bond motifs is 1. The lowest BCUT2D eigenvalue weighted by Gasteiger charge is -2.33. The summed E-state index contributed by atoms with van der Waals surface area (Å²) in [5, 5.41) is 0.831. The van der Waals surface area contributed by atoms with Crippen LogP contribution in [0.2, 0.25) is 0 Å². The number of rotatable bonds is 2. The molecule has 112 valence electrons. The molecule has 0 aromatic carbocycles. The van der Waals surface area contributed by atoms with Crippen LogP contribution in [0, 0.1) is 5.92 Å². The highest BCUT2D eigenvalue weighted by molar-refractivity contribution is 8.00. The number of nitrogens with zero attached hydrogens (tertiary/aromatic N) is 3. The van der Waals surface area contributed by atoms with Crippen molar-refractivity contribution < 1.29 is 9.59 Å². The second kappa shape index (κ2) is 6.05. The van der Waals surface area contributed by atoms with Crippen LogP contribution in [0.5, 0.6) is 0 Å². The van der Waals surface area contributed by atoms with Crippen molar-refractivity contribution in [2.24, 2.45) is 5.92 Å². The Morgan fingerprint density at radius 2 is 2.19 bits per heavy atom. The lowest BCUT2D eigenvalue weighted by Crippen LogP contribution is -2.47. The third-order valence-corrected chi connectivity index (χ3v) is 5.08. The zero-order chi connectivity index (χ0) is 14.8. The van der Waals surface area contributed by atoms with Crippen LogP contribution in [0.25, 0.3) is 0 Å². The van der Waals surface area contributed by atoms with Crippen molar-refractivity contribution in [3.8, 4) is 0 Å². The van der Waals surface area contributed by atoms with Crippen molar-refractivity contribution in [3.05, 3.63) is 18.3 Å². The summed E-state index contributed by atoms with van der Waals surface area (Å²) in [7, 11) is 0. The smallest absolute Gasteiger partial charge is 0.242 e. The van der Waals surface area contributed by atoms with Crippen molar-refractivity contribution in [1.29, 1.82) is 0 Å². The third kappa shape index (κ3) is 3.05. The second-order valence-corrected chi connectivity index (χ2v) is 6.62. The van der Waals surface area contributed by atoms with Crippen LogP contribution in [0.15, 0.2) is 23.4 Å². The van der Waals surface area contributed by atoms with Gasteiger partial charge in [-0.15, -0.1) is 0 Å². The van der Waals surface area contributed by atoms with Crippen LogP contribution < -0.4 is 4.90 Å². The molecule has 0 radical (unpaired) electrons. The first-order valence-electron chi connectivity index (χ1n) is 7.31. The average molecular weight is 305 g/mol. The molecule has 5 nitrogen and oxygen atoms in total. The molecule has 1 aromatic heterocycles. The van der Waals surface area contributed by atoms with Crippen LogP contribution in [0.1, 0.15) is 19.8 Å². The van der Waals surface area contributed by atoms with E-state index in [1.54, 1.807) is 17.2 Å². The maximum Gasteiger partial charge on any atom is 0.242 e. The molecular weight excluding hydrogens is 286 g/mol. The lowest BCUT2D eigenvalue weighted by atomic mass is 9.99. The normalized spacial score (nSPS) is 19.6. The lowest BCUT2D eigenvalue weighted by molar-refractivity contribution is -0.132. The van der Waals surface area contributed by atoms with Crippen LogP contribution in [-0.4, -0.2) is 47.1 Å². The molecule has 0 saturated carbocycles. The molecule has 0 aliphatic carbocycles. The molecule has 0 atom stereocenters. The Bertz CT molecular complexity index is 556. The summed E-state index contributed by atoms with van der Waals surface area (Å²) in [5.41, 5.74) is 0.762. The van der Waals surface area contributed by atoms with Crippen molar-refractivity contribution in [3.63, 3.8) is 0 Å². The van der Waals surface area contributed by atoms with E-state index < -0.39 is 0 Å². The summed E-state index contributed by atoms with van der Waals surface area (Å²) in [6.45, 7) is 3.95. The quantitative estimate of drug-likeness (QED) is 0.836. The molecule has 0 unspecified atom stereocenters. The Balaban J connectivity index is 1.72. The van der Waals surface area contributed by atoms with E-state index in [-0.39, 0.29) is 18.4 Å². The average Bonchev–Trinajstić information content (AvgIpc) is 2.51. The fourth-order valence-electron chi connectivity index (χ4n) is 2.71. The standard InChI is InChI=1S/C15H19N3O2S/c1-11-4-7-17(8-5-11)13(19)9-18-12-3-2-6-16-15(12)21-10-14(18)20/h2-3,6,11H,4-5,7-10H2,1H3. The highest BCUT2D eigenvalue weighted by atomic mass is 32.2. The highest BCUT2D eigenvalue weighted by Crippen LogP contribution is 2.33. The van der Waals surface area contributed by atoms with Crippen LogP contribution in [0.4, 0.5) is 5.69 Å². The largest absolute Gasteiger partial charge is 0.341 e. The number of amides is 2. The molecule has 2 aliphatic heterocycles. The Morgan fingerprint density at radius 3 is 2.95 bits per heavy atom. The molecule has 0 bridgehead atoms. The zero-order valence-electron chi connectivity index (χ0n) is 12.1. The van der Waals surface area contributed by atoms with Gasteiger partial charge in [0.05, 0.1) is 11.4 Å². The van der Waals surface area contributed by atoms with E-state index in [9.17, 15) is 9.59 Å². The molecule has 1 saturated heterocycles. The molecule has 3 rings (SSSR count). The van der Waals surface area contributed by atoms with Gasteiger partial charge in [0.25, 0.3) is 0 Å². The van der Waals surface area contributed by atoms with E-state index in [1.165, 1.54) is 11.8 Å².